The number of carbonyl (C=O) groups is 1. The van der Waals surface area contributed by atoms with Crippen LogP contribution in [0.15, 0.2) is 23.9 Å². The van der Waals surface area contributed by atoms with Gasteiger partial charge in [0.2, 0.25) is 6.35 Å². The van der Waals surface area contributed by atoms with E-state index in [1.165, 1.54) is 0 Å². The Morgan fingerprint density at radius 3 is 2.50 bits per heavy atom. The number of ether oxygens (including phenoxy) is 1. The van der Waals surface area contributed by atoms with Crippen LogP contribution in [0.25, 0.3) is 0 Å². The number of rotatable bonds is 2. The average Bonchev–Trinajstić information content (AvgIpc) is 2.41. The highest BCUT2D eigenvalue weighted by atomic mass is 35.5. The molecule has 0 bridgehead atoms. The second-order valence-corrected chi connectivity index (χ2v) is 4.98. The number of amides is 1. The third kappa shape index (κ3) is 3.63. The molecule has 12 heteroatoms. The maximum atomic E-state index is 14.0. The highest BCUT2D eigenvalue weighted by Gasteiger charge is 2.41. The van der Waals surface area contributed by atoms with Gasteiger partial charge in [0.25, 0.3) is 0 Å². The number of hydrogen-bond acceptors (Lipinski definition) is 6. The van der Waals surface area contributed by atoms with E-state index in [4.69, 9.17) is 17.3 Å². The SMILES string of the molecule is NC(=O)Oc1cc(N2C(O)C=C(C(F)(F)F)NC2O)c(F)cc1Cl. The number of hydrogen-bond donors (Lipinski definition) is 4. The van der Waals surface area contributed by atoms with Crippen molar-refractivity contribution in [1.82, 2.24) is 5.32 Å². The predicted octanol–water partition coefficient (Wildman–Crippen LogP) is 1.39. The van der Waals surface area contributed by atoms with Crippen LogP contribution in [0.1, 0.15) is 0 Å². The van der Waals surface area contributed by atoms with Crippen LogP contribution in [0.3, 0.4) is 0 Å². The summed E-state index contributed by atoms with van der Waals surface area (Å²) in [5.74, 6) is -1.51. The van der Waals surface area contributed by atoms with Crippen LogP contribution in [-0.4, -0.2) is 35.1 Å². The molecule has 7 nitrogen and oxygen atoms in total. The second kappa shape index (κ2) is 6.34. The number of benzene rings is 1. The van der Waals surface area contributed by atoms with Gasteiger partial charge >= 0.3 is 12.3 Å². The zero-order valence-corrected chi connectivity index (χ0v) is 12.3. The van der Waals surface area contributed by atoms with Gasteiger partial charge in [-0.3, -0.25) is 4.90 Å². The molecule has 1 aromatic carbocycles. The minimum atomic E-state index is -4.85. The van der Waals surface area contributed by atoms with Gasteiger partial charge in [0.15, 0.2) is 12.0 Å². The topological polar surface area (TPSA) is 108 Å². The van der Waals surface area contributed by atoms with E-state index in [9.17, 15) is 32.6 Å². The van der Waals surface area contributed by atoms with Gasteiger partial charge in [-0.25, -0.2) is 9.18 Å². The van der Waals surface area contributed by atoms with Gasteiger partial charge in [-0.1, -0.05) is 11.6 Å². The van der Waals surface area contributed by atoms with E-state index in [1.54, 1.807) is 5.32 Å². The standard InChI is InChI=1S/C12H10ClF4N3O4/c13-4-1-5(14)6(2-7(4)24-10(18)22)20-9(21)3-8(12(15,16)17)19-11(20)23/h1-3,9,11,19,21,23H,(H2,18,22). The first-order chi connectivity index (χ1) is 11.0. The zero-order valence-electron chi connectivity index (χ0n) is 11.5. The van der Waals surface area contributed by atoms with Crippen molar-refractivity contribution in [2.75, 3.05) is 4.90 Å². The summed E-state index contributed by atoms with van der Waals surface area (Å²) in [7, 11) is 0. The molecule has 0 aromatic heterocycles. The van der Waals surface area contributed by atoms with Crippen LogP contribution in [-0.2, 0) is 0 Å². The van der Waals surface area contributed by atoms with E-state index in [0.717, 1.165) is 6.07 Å². The molecule has 0 spiro atoms. The maximum Gasteiger partial charge on any atom is 0.430 e. The van der Waals surface area contributed by atoms with Crippen LogP contribution in [0.4, 0.5) is 28.0 Å². The lowest BCUT2D eigenvalue weighted by atomic mass is 10.2. The van der Waals surface area contributed by atoms with Gasteiger partial charge < -0.3 is 26.0 Å². The molecular formula is C12H10ClF4N3O4. The number of allylic oxidation sites excluding steroid dienone is 1. The zero-order chi connectivity index (χ0) is 18.2. The van der Waals surface area contributed by atoms with Crippen molar-refractivity contribution in [3.8, 4) is 5.75 Å². The maximum absolute atomic E-state index is 14.0. The average molecular weight is 372 g/mol. The largest absolute Gasteiger partial charge is 0.430 e. The molecule has 2 unspecified atom stereocenters. The van der Waals surface area contributed by atoms with Crippen LogP contribution in [0.5, 0.6) is 5.75 Å². The normalized spacial score (nSPS) is 21.1. The van der Waals surface area contributed by atoms with Crippen LogP contribution < -0.4 is 20.7 Å². The number of primary amides is 1. The Hall–Kier alpha value is -2.24. The summed E-state index contributed by atoms with van der Waals surface area (Å²) in [5.41, 5.74) is 2.82. The van der Waals surface area contributed by atoms with Crippen molar-refractivity contribution < 1.29 is 37.3 Å². The molecule has 1 heterocycles. The van der Waals surface area contributed by atoms with Gasteiger partial charge in [-0.05, 0) is 12.1 Å². The molecule has 0 saturated heterocycles. The predicted molar refractivity (Wildman–Crippen MR) is 73.4 cm³/mol. The van der Waals surface area contributed by atoms with E-state index in [1.807, 2.05) is 0 Å². The van der Waals surface area contributed by atoms with E-state index < -0.39 is 47.8 Å². The fourth-order valence-electron chi connectivity index (χ4n) is 1.98. The van der Waals surface area contributed by atoms with Crippen molar-refractivity contribution in [2.24, 2.45) is 5.73 Å². The Morgan fingerprint density at radius 1 is 1.38 bits per heavy atom. The summed E-state index contributed by atoms with van der Waals surface area (Å²) in [6, 6.07) is 1.47. The van der Waals surface area contributed by atoms with Crippen molar-refractivity contribution in [3.05, 3.63) is 34.7 Å². The van der Waals surface area contributed by atoms with E-state index in [-0.39, 0.29) is 5.02 Å². The first-order valence-electron chi connectivity index (χ1n) is 6.17. The summed E-state index contributed by atoms with van der Waals surface area (Å²) in [5, 5.41) is 20.9. The summed E-state index contributed by atoms with van der Waals surface area (Å²) < 4.78 is 56.4. The summed E-state index contributed by atoms with van der Waals surface area (Å²) in [4.78, 5) is 11.2. The quantitative estimate of drug-likeness (QED) is 0.585. The monoisotopic (exact) mass is 371 g/mol. The Kier molecular flexibility index (Phi) is 4.78. The molecule has 1 aliphatic rings. The molecule has 0 radical (unpaired) electrons. The number of nitrogens with two attached hydrogens (primary N) is 1. The minimum absolute atomic E-state index is 0.329. The van der Waals surface area contributed by atoms with E-state index >= 15 is 0 Å². The molecule has 2 atom stereocenters. The number of aliphatic hydroxyl groups is 2. The molecule has 0 saturated carbocycles. The number of nitrogens with one attached hydrogen (secondary N) is 1. The molecule has 24 heavy (non-hydrogen) atoms. The second-order valence-electron chi connectivity index (χ2n) is 4.57. The lowest BCUT2D eigenvalue weighted by Crippen LogP contribution is -2.56. The van der Waals surface area contributed by atoms with E-state index in [2.05, 4.69) is 4.74 Å². The van der Waals surface area contributed by atoms with Gasteiger partial charge in [-0.2, -0.15) is 13.2 Å². The highest BCUT2D eigenvalue weighted by Crippen LogP contribution is 2.36. The summed E-state index contributed by atoms with van der Waals surface area (Å²) in [6.07, 6.45) is -9.96. The third-order valence-electron chi connectivity index (χ3n) is 2.94. The number of halogens is 5. The van der Waals surface area contributed by atoms with E-state index in [0.29, 0.717) is 17.0 Å². The van der Waals surface area contributed by atoms with Crippen LogP contribution in [0.2, 0.25) is 5.02 Å². The molecule has 0 fully saturated rings. The lowest BCUT2D eigenvalue weighted by molar-refractivity contribution is -0.106. The first-order valence-corrected chi connectivity index (χ1v) is 6.55. The molecule has 0 aliphatic carbocycles. The summed E-state index contributed by atoms with van der Waals surface area (Å²) in [6.45, 7) is 0. The molecule has 1 amide bonds. The molecule has 132 valence electrons. The molecule has 2 rings (SSSR count). The first kappa shape index (κ1) is 18.1. The van der Waals surface area contributed by atoms with Crippen molar-refractivity contribution >= 4 is 23.4 Å². The summed E-state index contributed by atoms with van der Waals surface area (Å²) >= 11 is 5.65. The number of nitrogens with zero attached hydrogens (tertiary/aromatic N) is 1. The minimum Gasteiger partial charge on any atom is -0.409 e. The smallest absolute Gasteiger partial charge is 0.409 e. The number of alkyl halides is 3. The van der Waals surface area contributed by atoms with Crippen LogP contribution >= 0.6 is 11.6 Å². The number of carbonyl (C=O) groups excluding carboxylic acids is 1. The Morgan fingerprint density at radius 2 is 2.00 bits per heavy atom. The van der Waals surface area contributed by atoms with Gasteiger partial charge in [-0.15, -0.1) is 0 Å². The molecule has 1 aliphatic heterocycles. The Bertz CT molecular complexity index is 698. The molecule has 5 N–H and O–H groups in total. The highest BCUT2D eigenvalue weighted by molar-refractivity contribution is 6.32. The fourth-order valence-corrected chi connectivity index (χ4v) is 2.17. The van der Waals surface area contributed by atoms with Gasteiger partial charge in [0.1, 0.15) is 11.5 Å². The molecular weight excluding hydrogens is 362 g/mol. The fraction of sp³-hybridized carbons (Fsp3) is 0.250. The van der Waals surface area contributed by atoms with Crippen molar-refractivity contribution in [1.29, 1.82) is 0 Å². The van der Waals surface area contributed by atoms with Gasteiger partial charge in [0.05, 0.1) is 10.7 Å². The Balaban J connectivity index is 2.44. The Labute approximate surface area is 136 Å². The lowest BCUT2D eigenvalue weighted by Gasteiger charge is -2.38. The van der Waals surface area contributed by atoms with Crippen molar-refractivity contribution in [3.63, 3.8) is 0 Å². The third-order valence-corrected chi connectivity index (χ3v) is 3.24. The molecule has 1 aromatic rings. The van der Waals surface area contributed by atoms with Crippen molar-refractivity contribution in [2.45, 2.75) is 18.8 Å². The number of anilines is 1. The van der Waals surface area contributed by atoms with Crippen LogP contribution in [0, 0.1) is 5.82 Å². The van der Waals surface area contributed by atoms with Gasteiger partial charge in [0, 0.05) is 6.07 Å². The number of aliphatic hydroxyl groups excluding tert-OH is 2.